The summed E-state index contributed by atoms with van der Waals surface area (Å²) in [4.78, 5) is 0. The topological polar surface area (TPSA) is 29.9 Å². The average Bonchev–Trinajstić information content (AvgIpc) is 2.65. The first kappa shape index (κ1) is 8.08. The standard InChI is InChI=1S/C8H12ClN3/c9-8-2-4-11-12(8)6-7-1-3-10-5-7/h2,4,7,10H,1,3,5-6H2. The molecule has 4 heteroatoms. The van der Waals surface area contributed by atoms with Crippen LogP contribution in [0.4, 0.5) is 0 Å². The fourth-order valence-corrected chi connectivity index (χ4v) is 1.73. The van der Waals surface area contributed by atoms with Crippen molar-refractivity contribution in [2.45, 2.75) is 13.0 Å². The van der Waals surface area contributed by atoms with Crippen LogP contribution in [0.3, 0.4) is 0 Å². The number of rotatable bonds is 2. The van der Waals surface area contributed by atoms with Crippen molar-refractivity contribution in [2.75, 3.05) is 13.1 Å². The third-order valence-corrected chi connectivity index (χ3v) is 2.58. The molecule has 0 aromatic carbocycles. The lowest BCUT2D eigenvalue weighted by atomic mass is 10.1. The predicted molar refractivity (Wildman–Crippen MR) is 48.2 cm³/mol. The SMILES string of the molecule is Clc1ccnn1CC1CCNC1. The van der Waals surface area contributed by atoms with Gasteiger partial charge in [0.2, 0.25) is 0 Å². The Bertz CT molecular complexity index is 253. The molecular formula is C8H12ClN3. The van der Waals surface area contributed by atoms with Crippen LogP contribution in [0.5, 0.6) is 0 Å². The van der Waals surface area contributed by atoms with Gasteiger partial charge in [0.25, 0.3) is 0 Å². The van der Waals surface area contributed by atoms with E-state index in [-0.39, 0.29) is 0 Å². The zero-order valence-electron chi connectivity index (χ0n) is 6.83. The Morgan fingerprint density at radius 1 is 1.75 bits per heavy atom. The van der Waals surface area contributed by atoms with Crippen LogP contribution in [0.1, 0.15) is 6.42 Å². The van der Waals surface area contributed by atoms with Gasteiger partial charge in [0.15, 0.2) is 0 Å². The minimum atomic E-state index is 0.697. The fraction of sp³-hybridized carbons (Fsp3) is 0.625. The zero-order valence-corrected chi connectivity index (χ0v) is 7.59. The molecule has 1 aromatic heterocycles. The van der Waals surface area contributed by atoms with Gasteiger partial charge in [-0.15, -0.1) is 0 Å². The van der Waals surface area contributed by atoms with Gasteiger partial charge in [-0.3, -0.25) is 4.68 Å². The molecule has 2 heterocycles. The molecule has 12 heavy (non-hydrogen) atoms. The molecule has 0 aliphatic carbocycles. The molecule has 0 bridgehead atoms. The molecule has 1 aromatic rings. The Kier molecular flexibility index (Phi) is 2.33. The highest BCUT2D eigenvalue weighted by molar-refractivity contribution is 6.29. The highest BCUT2D eigenvalue weighted by Crippen LogP contribution is 2.13. The fourth-order valence-electron chi connectivity index (χ4n) is 1.57. The molecule has 0 amide bonds. The summed E-state index contributed by atoms with van der Waals surface area (Å²) in [6.07, 6.45) is 2.97. The maximum atomic E-state index is 5.90. The first-order valence-electron chi connectivity index (χ1n) is 4.24. The normalized spacial score (nSPS) is 23.2. The molecule has 2 rings (SSSR count). The van der Waals surface area contributed by atoms with Crippen molar-refractivity contribution in [1.82, 2.24) is 15.1 Å². The van der Waals surface area contributed by atoms with E-state index < -0.39 is 0 Å². The monoisotopic (exact) mass is 185 g/mol. The summed E-state index contributed by atoms with van der Waals surface area (Å²) < 4.78 is 1.86. The molecule has 1 atom stereocenters. The van der Waals surface area contributed by atoms with E-state index in [1.165, 1.54) is 6.42 Å². The van der Waals surface area contributed by atoms with Crippen LogP contribution < -0.4 is 5.32 Å². The molecule has 0 radical (unpaired) electrons. The van der Waals surface area contributed by atoms with E-state index in [1.54, 1.807) is 6.20 Å². The third kappa shape index (κ3) is 1.62. The van der Waals surface area contributed by atoms with E-state index in [4.69, 9.17) is 11.6 Å². The van der Waals surface area contributed by atoms with E-state index >= 15 is 0 Å². The van der Waals surface area contributed by atoms with Gasteiger partial charge in [0.05, 0.1) is 6.20 Å². The van der Waals surface area contributed by atoms with Crippen LogP contribution in [0, 0.1) is 5.92 Å². The number of hydrogen-bond donors (Lipinski definition) is 1. The quantitative estimate of drug-likeness (QED) is 0.749. The van der Waals surface area contributed by atoms with Gasteiger partial charge in [-0.25, -0.2) is 0 Å². The van der Waals surface area contributed by atoms with Crippen LogP contribution in [0.25, 0.3) is 0 Å². The Morgan fingerprint density at radius 2 is 2.67 bits per heavy atom. The van der Waals surface area contributed by atoms with Crippen molar-refractivity contribution in [3.8, 4) is 0 Å². The van der Waals surface area contributed by atoms with Gasteiger partial charge < -0.3 is 5.32 Å². The van der Waals surface area contributed by atoms with Crippen molar-refractivity contribution in [3.05, 3.63) is 17.4 Å². The van der Waals surface area contributed by atoms with Gasteiger partial charge >= 0.3 is 0 Å². The van der Waals surface area contributed by atoms with Gasteiger partial charge in [0, 0.05) is 6.54 Å². The van der Waals surface area contributed by atoms with Crippen molar-refractivity contribution in [3.63, 3.8) is 0 Å². The first-order valence-corrected chi connectivity index (χ1v) is 4.62. The summed E-state index contributed by atoms with van der Waals surface area (Å²) >= 11 is 5.90. The summed E-state index contributed by atoms with van der Waals surface area (Å²) in [5, 5.41) is 8.19. The molecule has 1 aliphatic rings. The van der Waals surface area contributed by atoms with Crippen LogP contribution >= 0.6 is 11.6 Å². The second-order valence-electron chi connectivity index (χ2n) is 3.19. The van der Waals surface area contributed by atoms with Crippen molar-refractivity contribution in [1.29, 1.82) is 0 Å². The van der Waals surface area contributed by atoms with Crippen LogP contribution in [0.2, 0.25) is 5.15 Å². The predicted octanol–water partition coefficient (Wildman–Crippen LogP) is 1.15. The number of nitrogens with zero attached hydrogens (tertiary/aromatic N) is 2. The Balaban J connectivity index is 1.98. The molecule has 1 aliphatic heterocycles. The Morgan fingerprint density at radius 3 is 3.25 bits per heavy atom. The minimum Gasteiger partial charge on any atom is -0.316 e. The number of nitrogens with one attached hydrogen (secondary N) is 1. The maximum absolute atomic E-state index is 5.90. The van der Waals surface area contributed by atoms with E-state index in [9.17, 15) is 0 Å². The summed E-state index contributed by atoms with van der Waals surface area (Å²) in [6.45, 7) is 3.17. The lowest BCUT2D eigenvalue weighted by Gasteiger charge is -2.08. The molecule has 1 N–H and O–H groups in total. The highest BCUT2D eigenvalue weighted by Gasteiger charge is 2.15. The average molecular weight is 186 g/mol. The molecule has 3 nitrogen and oxygen atoms in total. The second kappa shape index (κ2) is 3.46. The number of hydrogen-bond acceptors (Lipinski definition) is 2. The molecular weight excluding hydrogens is 174 g/mol. The maximum Gasteiger partial charge on any atom is 0.127 e. The van der Waals surface area contributed by atoms with Crippen molar-refractivity contribution in [2.24, 2.45) is 5.92 Å². The van der Waals surface area contributed by atoms with E-state index in [0.717, 1.165) is 24.8 Å². The second-order valence-corrected chi connectivity index (χ2v) is 3.58. The molecule has 0 spiro atoms. The van der Waals surface area contributed by atoms with E-state index in [2.05, 4.69) is 10.4 Å². The van der Waals surface area contributed by atoms with Crippen molar-refractivity contribution < 1.29 is 0 Å². The minimum absolute atomic E-state index is 0.697. The summed E-state index contributed by atoms with van der Waals surface area (Å²) in [5.41, 5.74) is 0. The van der Waals surface area contributed by atoms with E-state index in [1.807, 2.05) is 10.7 Å². The van der Waals surface area contributed by atoms with Crippen molar-refractivity contribution >= 4 is 11.6 Å². The van der Waals surface area contributed by atoms with Gasteiger partial charge in [-0.1, -0.05) is 11.6 Å². The largest absolute Gasteiger partial charge is 0.316 e. The van der Waals surface area contributed by atoms with Crippen LogP contribution in [-0.2, 0) is 6.54 Å². The zero-order chi connectivity index (χ0) is 8.39. The first-order chi connectivity index (χ1) is 5.86. The summed E-state index contributed by atoms with van der Waals surface area (Å²) in [6, 6.07) is 1.82. The number of aromatic nitrogens is 2. The van der Waals surface area contributed by atoms with E-state index in [0.29, 0.717) is 5.92 Å². The Hall–Kier alpha value is -0.540. The smallest absolute Gasteiger partial charge is 0.127 e. The van der Waals surface area contributed by atoms with Gasteiger partial charge in [-0.05, 0) is 31.5 Å². The summed E-state index contributed by atoms with van der Waals surface area (Å²) in [5.74, 6) is 0.697. The lowest BCUT2D eigenvalue weighted by molar-refractivity contribution is 0.450. The Labute approximate surface area is 76.7 Å². The lowest BCUT2D eigenvalue weighted by Crippen LogP contribution is -2.15. The third-order valence-electron chi connectivity index (χ3n) is 2.26. The number of halogens is 1. The highest BCUT2D eigenvalue weighted by atomic mass is 35.5. The van der Waals surface area contributed by atoms with Gasteiger partial charge in [0.1, 0.15) is 5.15 Å². The van der Waals surface area contributed by atoms with Crippen LogP contribution in [0.15, 0.2) is 12.3 Å². The molecule has 1 fully saturated rings. The molecule has 1 unspecified atom stereocenters. The molecule has 66 valence electrons. The molecule has 0 saturated carbocycles. The summed E-state index contributed by atoms with van der Waals surface area (Å²) in [7, 11) is 0. The molecule has 1 saturated heterocycles. The van der Waals surface area contributed by atoms with Gasteiger partial charge in [-0.2, -0.15) is 5.10 Å². The van der Waals surface area contributed by atoms with Crippen LogP contribution in [-0.4, -0.2) is 22.9 Å².